The van der Waals surface area contributed by atoms with Gasteiger partial charge in [0.15, 0.2) is 11.0 Å². The van der Waals surface area contributed by atoms with E-state index < -0.39 is 0 Å². The molecule has 3 heterocycles. The van der Waals surface area contributed by atoms with Gasteiger partial charge in [-0.25, -0.2) is 9.97 Å². The van der Waals surface area contributed by atoms with Crippen LogP contribution in [0.15, 0.2) is 46.5 Å². The lowest BCUT2D eigenvalue weighted by Crippen LogP contribution is -2.38. The van der Waals surface area contributed by atoms with E-state index in [9.17, 15) is 4.79 Å². The Morgan fingerprint density at radius 3 is 2.65 bits per heavy atom. The summed E-state index contributed by atoms with van der Waals surface area (Å²) in [7, 11) is 0. The second-order valence-corrected chi connectivity index (χ2v) is 8.60. The SMILES string of the molecule is CCC(=O)Nc1ccc(Sc2nc(CCN3CCC3)cc(Nc3cc(C)[nH]n3)n2)cc1.[HH].[HH].[HH]. The van der Waals surface area contributed by atoms with Gasteiger partial charge < -0.3 is 15.5 Å². The highest BCUT2D eigenvalue weighted by Crippen LogP contribution is 2.28. The van der Waals surface area contributed by atoms with Crippen LogP contribution in [0, 0.1) is 6.92 Å². The van der Waals surface area contributed by atoms with Crippen molar-refractivity contribution in [2.45, 2.75) is 43.2 Å². The third-order valence-electron chi connectivity index (χ3n) is 5.02. The maximum atomic E-state index is 11.6. The molecule has 1 aliphatic rings. The second kappa shape index (κ2) is 9.93. The van der Waals surface area contributed by atoms with Gasteiger partial charge in [-0.2, -0.15) is 5.10 Å². The number of aromatic nitrogens is 4. The average molecular weight is 444 g/mol. The summed E-state index contributed by atoms with van der Waals surface area (Å²) < 4.78 is 0. The maximum absolute atomic E-state index is 11.6. The zero-order chi connectivity index (χ0) is 21.6. The number of aromatic amines is 1. The molecule has 4 rings (SSSR count). The fraction of sp³-hybridized carbons (Fsp3) is 0.364. The molecule has 9 heteroatoms. The zero-order valence-corrected chi connectivity index (χ0v) is 18.6. The molecule has 0 aliphatic carbocycles. The summed E-state index contributed by atoms with van der Waals surface area (Å²) in [5.74, 6) is 1.47. The van der Waals surface area contributed by atoms with E-state index in [0.29, 0.717) is 11.6 Å². The Bertz CT molecular complexity index is 1050. The standard InChI is InChI=1S/C22H27N7OS.3H2/c1-3-21(30)23-16-5-7-18(8-6-16)31-22-24-17(9-12-29-10-4-11-29)14-19(26-22)25-20-13-15(2)27-28-20;;;/h5-8,13-14H,3-4,9-12H2,1-2H3,(H,23,30)(H2,24,25,26,27,28);3*1H. The molecule has 0 spiro atoms. The van der Waals surface area contributed by atoms with Crippen LogP contribution in [0.3, 0.4) is 0 Å². The minimum absolute atomic E-state index is 0. The molecular weight excluding hydrogens is 410 g/mol. The first-order chi connectivity index (χ1) is 15.1. The predicted molar refractivity (Wildman–Crippen MR) is 129 cm³/mol. The van der Waals surface area contributed by atoms with Crippen LogP contribution < -0.4 is 10.6 Å². The molecule has 8 nitrogen and oxygen atoms in total. The molecule has 3 N–H and O–H groups in total. The van der Waals surface area contributed by atoms with E-state index in [1.54, 1.807) is 0 Å². The molecule has 3 aromatic rings. The molecule has 2 aromatic heterocycles. The summed E-state index contributed by atoms with van der Waals surface area (Å²) in [6, 6.07) is 11.7. The fourth-order valence-electron chi connectivity index (χ4n) is 3.16. The van der Waals surface area contributed by atoms with Gasteiger partial charge in [0.2, 0.25) is 5.91 Å². The van der Waals surface area contributed by atoms with Crippen molar-refractivity contribution in [3.05, 3.63) is 47.8 Å². The van der Waals surface area contributed by atoms with Gasteiger partial charge in [-0.3, -0.25) is 9.89 Å². The Hall–Kier alpha value is -2.91. The quantitative estimate of drug-likeness (QED) is 0.411. The van der Waals surface area contributed by atoms with Crippen LogP contribution in [-0.2, 0) is 11.2 Å². The number of amides is 1. The fourth-order valence-corrected chi connectivity index (χ4v) is 3.95. The first-order valence-corrected chi connectivity index (χ1v) is 11.4. The number of nitrogens with one attached hydrogen (secondary N) is 3. The Balaban J connectivity index is 0.00000193. The van der Waals surface area contributed by atoms with E-state index >= 15 is 0 Å². The van der Waals surface area contributed by atoms with E-state index in [2.05, 4.69) is 30.7 Å². The molecule has 0 radical (unpaired) electrons. The van der Waals surface area contributed by atoms with E-state index in [4.69, 9.17) is 4.98 Å². The lowest BCUT2D eigenvalue weighted by atomic mass is 10.2. The van der Waals surface area contributed by atoms with Gasteiger partial charge in [0.05, 0.1) is 0 Å². The third kappa shape index (κ3) is 6.05. The highest BCUT2D eigenvalue weighted by atomic mass is 32.2. The summed E-state index contributed by atoms with van der Waals surface area (Å²) in [6.45, 7) is 7.15. The molecule has 0 atom stereocenters. The van der Waals surface area contributed by atoms with Crippen molar-refractivity contribution >= 4 is 35.0 Å². The number of hydrogen-bond acceptors (Lipinski definition) is 7. The Morgan fingerprint density at radius 1 is 1.19 bits per heavy atom. The number of likely N-dealkylation sites (tertiary alicyclic amines) is 1. The smallest absolute Gasteiger partial charge is 0.224 e. The molecule has 1 aromatic carbocycles. The predicted octanol–water partition coefficient (Wildman–Crippen LogP) is 4.74. The van der Waals surface area contributed by atoms with Gasteiger partial charge in [-0.1, -0.05) is 6.92 Å². The van der Waals surface area contributed by atoms with Gasteiger partial charge in [0, 0.05) is 57.8 Å². The number of carbonyl (C=O) groups excluding carboxylic acids is 1. The number of rotatable bonds is 9. The van der Waals surface area contributed by atoms with E-state index in [0.717, 1.165) is 46.6 Å². The molecule has 0 unspecified atom stereocenters. The molecular formula is C22H33N7OS. The summed E-state index contributed by atoms with van der Waals surface area (Å²) in [4.78, 5) is 24.5. The van der Waals surface area contributed by atoms with Crippen molar-refractivity contribution in [2.24, 2.45) is 0 Å². The van der Waals surface area contributed by atoms with Crippen LogP contribution in [0.25, 0.3) is 0 Å². The first kappa shape index (κ1) is 21.3. The lowest BCUT2D eigenvalue weighted by Gasteiger charge is -2.30. The average Bonchev–Trinajstić information content (AvgIpc) is 3.12. The largest absolute Gasteiger partial charge is 0.326 e. The van der Waals surface area contributed by atoms with Crippen LogP contribution in [0.1, 0.15) is 35.4 Å². The van der Waals surface area contributed by atoms with Crippen molar-refractivity contribution in [1.29, 1.82) is 0 Å². The molecule has 0 saturated carbocycles. The molecule has 0 bridgehead atoms. The van der Waals surface area contributed by atoms with Gasteiger partial charge in [-0.05, 0) is 62.5 Å². The van der Waals surface area contributed by atoms with E-state index in [1.165, 1.54) is 31.3 Å². The van der Waals surface area contributed by atoms with Gasteiger partial charge >= 0.3 is 0 Å². The maximum Gasteiger partial charge on any atom is 0.224 e. The minimum atomic E-state index is 0. The monoisotopic (exact) mass is 443 g/mol. The van der Waals surface area contributed by atoms with Crippen molar-refractivity contribution in [1.82, 2.24) is 25.1 Å². The summed E-state index contributed by atoms with van der Waals surface area (Å²) >= 11 is 1.50. The topological polar surface area (TPSA) is 98.8 Å². The number of H-pyrrole nitrogens is 1. The number of carbonyl (C=O) groups is 1. The second-order valence-electron chi connectivity index (χ2n) is 7.56. The lowest BCUT2D eigenvalue weighted by molar-refractivity contribution is -0.115. The highest BCUT2D eigenvalue weighted by molar-refractivity contribution is 7.99. The normalized spacial score (nSPS) is 13.6. The van der Waals surface area contributed by atoms with Gasteiger partial charge in [0.1, 0.15) is 5.82 Å². The number of anilines is 3. The van der Waals surface area contributed by atoms with E-state index in [1.807, 2.05) is 50.2 Å². The molecule has 31 heavy (non-hydrogen) atoms. The van der Waals surface area contributed by atoms with Crippen LogP contribution in [0.5, 0.6) is 0 Å². The summed E-state index contributed by atoms with van der Waals surface area (Å²) in [5.41, 5.74) is 2.78. The Kier molecular flexibility index (Phi) is 6.83. The van der Waals surface area contributed by atoms with Crippen molar-refractivity contribution in [2.75, 3.05) is 30.3 Å². The van der Waals surface area contributed by atoms with Crippen LogP contribution >= 0.6 is 11.8 Å². The summed E-state index contributed by atoms with van der Waals surface area (Å²) in [6.07, 6.45) is 2.62. The van der Waals surface area contributed by atoms with Crippen molar-refractivity contribution < 1.29 is 9.07 Å². The van der Waals surface area contributed by atoms with Crippen molar-refractivity contribution in [3.8, 4) is 0 Å². The number of benzene rings is 1. The molecule has 1 amide bonds. The third-order valence-corrected chi connectivity index (χ3v) is 5.89. The first-order valence-electron chi connectivity index (χ1n) is 10.5. The van der Waals surface area contributed by atoms with Crippen LogP contribution in [0.2, 0.25) is 0 Å². The Labute approximate surface area is 190 Å². The van der Waals surface area contributed by atoms with E-state index in [-0.39, 0.29) is 10.2 Å². The van der Waals surface area contributed by atoms with Crippen molar-refractivity contribution in [3.63, 3.8) is 0 Å². The number of aryl methyl sites for hydroxylation is 1. The van der Waals surface area contributed by atoms with Crippen LogP contribution in [0.4, 0.5) is 17.3 Å². The zero-order valence-electron chi connectivity index (χ0n) is 17.8. The Morgan fingerprint density at radius 2 is 2.00 bits per heavy atom. The van der Waals surface area contributed by atoms with Gasteiger partial charge in [0.25, 0.3) is 0 Å². The summed E-state index contributed by atoms with van der Waals surface area (Å²) in [5, 5.41) is 14.0. The number of hydrogen-bond donors (Lipinski definition) is 3. The van der Waals surface area contributed by atoms with Gasteiger partial charge in [-0.15, -0.1) is 0 Å². The molecule has 168 valence electrons. The minimum Gasteiger partial charge on any atom is -0.326 e. The number of nitrogens with zero attached hydrogens (tertiary/aromatic N) is 4. The molecule has 1 aliphatic heterocycles. The molecule has 1 fully saturated rings. The molecule has 1 saturated heterocycles. The highest BCUT2D eigenvalue weighted by Gasteiger charge is 2.15. The van der Waals surface area contributed by atoms with Crippen LogP contribution in [-0.4, -0.2) is 50.6 Å².